The summed E-state index contributed by atoms with van der Waals surface area (Å²) in [5, 5.41) is 13.9. The first-order valence-electron chi connectivity index (χ1n) is 4.95. The third kappa shape index (κ3) is 3.02. The van der Waals surface area contributed by atoms with Crippen LogP contribution in [0.1, 0.15) is 18.1 Å². The Morgan fingerprint density at radius 2 is 2.20 bits per heavy atom. The number of nitro groups is 1. The molecule has 1 atom stereocenters. The Hall–Kier alpha value is -1.42. The van der Waals surface area contributed by atoms with Gasteiger partial charge < -0.3 is 5.32 Å². The van der Waals surface area contributed by atoms with Crippen molar-refractivity contribution < 1.29 is 4.92 Å². The minimum absolute atomic E-state index is 0.211. The first kappa shape index (κ1) is 11.7. The summed E-state index contributed by atoms with van der Waals surface area (Å²) in [6.45, 7) is 3.95. The monoisotopic (exact) mass is 208 g/mol. The molecular weight excluding hydrogens is 192 g/mol. The molecule has 1 aromatic rings. The summed E-state index contributed by atoms with van der Waals surface area (Å²) in [4.78, 5) is 10.5. The number of nitro benzene ring substituents is 1. The lowest BCUT2D eigenvalue weighted by Gasteiger charge is -2.10. The summed E-state index contributed by atoms with van der Waals surface area (Å²) in [7, 11) is 1.85. The van der Waals surface area contributed by atoms with E-state index in [1.165, 1.54) is 0 Å². The van der Waals surface area contributed by atoms with Gasteiger partial charge in [-0.1, -0.05) is 11.6 Å². The first-order valence-corrected chi connectivity index (χ1v) is 4.95. The van der Waals surface area contributed by atoms with Crippen LogP contribution >= 0.6 is 0 Å². The second kappa shape index (κ2) is 4.89. The molecule has 4 nitrogen and oxygen atoms in total. The van der Waals surface area contributed by atoms with Crippen LogP contribution in [0.3, 0.4) is 0 Å². The molecule has 0 fully saturated rings. The Balaban J connectivity index is 3.02. The molecule has 0 radical (unpaired) electrons. The molecule has 15 heavy (non-hydrogen) atoms. The van der Waals surface area contributed by atoms with Crippen molar-refractivity contribution in [3.05, 3.63) is 39.4 Å². The molecule has 1 rings (SSSR count). The van der Waals surface area contributed by atoms with Gasteiger partial charge in [-0.25, -0.2) is 0 Å². The fourth-order valence-electron chi connectivity index (χ4n) is 1.49. The lowest BCUT2D eigenvalue weighted by molar-refractivity contribution is -0.385. The zero-order valence-corrected chi connectivity index (χ0v) is 9.28. The van der Waals surface area contributed by atoms with E-state index in [0.29, 0.717) is 6.42 Å². The molecule has 0 aliphatic rings. The van der Waals surface area contributed by atoms with Gasteiger partial charge in [-0.3, -0.25) is 10.1 Å². The van der Waals surface area contributed by atoms with Crippen molar-refractivity contribution in [2.45, 2.75) is 26.3 Å². The maximum atomic E-state index is 10.8. The van der Waals surface area contributed by atoms with Crippen LogP contribution in [0.4, 0.5) is 5.69 Å². The Bertz CT molecular complexity index is 364. The number of aryl methyl sites for hydroxylation is 1. The Morgan fingerprint density at radius 1 is 1.53 bits per heavy atom. The van der Waals surface area contributed by atoms with Crippen LogP contribution in [0, 0.1) is 17.0 Å². The number of rotatable bonds is 4. The van der Waals surface area contributed by atoms with Crippen LogP contribution in [-0.4, -0.2) is 18.0 Å². The molecule has 0 amide bonds. The molecule has 1 aromatic carbocycles. The Kier molecular flexibility index (Phi) is 3.80. The van der Waals surface area contributed by atoms with Gasteiger partial charge in [-0.05, 0) is 33.4 Å². The fraction of sp³-hybridized carbons (Fsp3) is 0.455. The third-order valence-electron chi connectivity index (χ3n) is 2.45. The SMILES string of the molecule is CNC(C)Cc1cc(C)ccc1[N+](=O)[O-]. The standard InChI is InChI=1S/C11H16N2O2/c1-8-4-5-11(13(14)15)10(6-8)7-9(2)12-3/h4-6,9,12H,7H2,1-3H3. The third-order valence-corrected chi connectivity index (χ3v) is 2.45. The van der Waals surface area contributed by atoms with Crippen molar-refractivity contribution in [2.24, 2.45) is 0 Å². The summed E-state index contributed by atoms with van der Waals surface area (Å²) in [6.07, 6.45) is 0.675. The van der Waals surface area contributed by atoms with Crippen molar-refractivity contribution in [1.82, 2.24) is 5.32 Å². The molecule has 82 valence electrons. The highest BCUT2D eigenvalue weighted by molar-refractivity contribution is 5.43. The summed E-state index contributed by atoms with van der Waals surface area (Å²) in [6, 6.07) is 5.47. The van der Waals surface area contributed by atoms with E-state index in [0.717, 1.165) is 11.1 Å². The van der Waals surface area contributed by atoms with Crippen molar-refractivity contribution in [3.63, 3.8) is 0 Å². The van der Waals surface area contributed by atoms with Gasteiger partial charge in [0.25, 0.3) is 5.69 Å². The van der Waals surface area contributed by atoms with E-state index in [4.69, 9.17) is 0 Å². The topological polar surface area (TPSA) is 55.2 Å². The summed E-state index contributed by atoms with van der Waals surface area (Å²) < 4.78 is 0. The molecule has 0 aromatic heterocycles. The van der Waals surface area contributed by atoms with Crippen LogP contribution in [-0.2, 0) is 6.42 Å². The highest BCUT2D eigenvalue weighted by Crippen LogP contribution is 2.21. The number of benzene rings is 1. The van der Waals surface area contributed by atoms with E-state index in [1.54, 1.807) is 12.1 Å². The van der Waals surface area contributed by atoms with Crippen LogP contribution in [0.25, 0.3) is 0 Å². The number of nitrogens with one attached hydrogen (secondary N) is 1. The van der Waals surface area contributed by atoms with E-state index in [1.807, 2.05) is 27.0 Å². The van der Waals surface area contributed by atoms with E-state index in [2.05, 4.69) is 5.32 Å². The van der Waals surface area contributed by atoms with Crippen LogP contribution in [0.15, 0.2) is 18.2 Å². The van der Waals surface area contributed by atoms with Gasteiger partial charge >= 0.3 is 0 Å². The molecule has 0 spiro atoms. The summed E-state index contributed by atoms with van der Waals surface area (Å²) in [5.74, 6) is 0. The van der Waals surface area contributed by atoms with Crippen molar-refractivity contribution in [2.75, 3.05) is 7.05 Å². The molecule has 4 heteroatoms. The largest absolute Gasteiger partial charge is 0.317 e. The highest BCUT2D eigenvalue weighted by atomic mass is 16.6. The highest BCUT2D eigenvalue weighted by Gasteiger charge is 2.14. The Morgan fingerprint density at radius 3 is 2.73 bits per heavy atom. The van der Waals surface area contributed by atoms with E-state index in [-0.39, 0.29) is 16.7 Å². The van der Waals surface area contributed by atoms with E-state index >= 15 is 0 Å². The Labute approximate surface area is 89.5 Å². The predicted octanol–water partition coefficient (Wildman–Crippen LogP) is 2.05. The zero-order valence-electron chi connectivity index (χ0n) is 9.28. The average molecular weight is 208 g/mol. The molecule has 0 saturated heterocycles. The van der Waals surface area contributed by atoms with Gasteiger partial charge in [0.2, 0.25) is 0 Å². The van der Waals surface area contributed by atoms with Gasteiger partial charge in [0, 0.05) is 17.7 Å². The van der Waals surface area contributed by atoms with Crippen molar-refractivity contribution in [1.29, 1.82) is 0 Å². The molecule has 0 aliphatic carbocycles. The second-order valence-electron chi connectivity index (χ2n) is 3.78. The van der Waals surface area contributed by atoms with Gasteiger partial charge in [-0.2, -0.15) is 0 Å². The van der Waals surface area contributed by atoms with E-state index < -0.39 is 0 Å². The van der Waals surface area contributed by atoms with Gasteiger partial charge in [-0.15, -0.1) is 0 Å². The number of hydrogen-bond donors (Lipinski definition) is 1. The van der Waals surface area contributed by atoms with Crippen molar-refractivity contribution >= 4 is 5.69 Å². The van der Waals surface area contributed by atoms with Gasteiger partial charge in [0.05, 0.1) is 4.92 Å². The van der Waals surface area contributed by atoms with Gasteiger partial charge in [0.15, 0.2) is 0 Å². The molecule has 0 aliphatic heterocycles. The lowest BCUT2D eigenvalue weighted by atomic mass is 10.0. The molecule has 0 bridgehead atoms. The quantitative estimate of drug-likeness (QED) is 0.608. The fourth-order valence-corrected chi connectivity index (χ4v) is 1.49. The maximum absolute atomic E-state index is 10.8. The first-order chi connectivity index (χ1) is 7.04. The van der Waals surface area contributed by atoms with Crippen LogP contribution in [0.2, 0.25) is 0 Å². The molecule has 0 heterocycles. The van der Waals surface area contributed by atoms with E-state index in [9.17, 15) is 10.1 Å². The second-order valence-corrected chi connectivity index (χ2v) is 3.78. The van der Waals surface area contributed by atoms with Crippen LogP contribution in [0.5, 0.6) is 0 Å². The summed E-state index contributed by atoms with van der Waals surface area (Å²) >= 11 is 0. The lowest BCUT2D eigenvalue weighted by Crippen LogP contribution is -2.23. The number of nitrogens with zero attached hydrogens (tertiary/aromatic N) is 1. The van der Waals surface area contributed by atoms with Crippen molar-refractivity contribution in [3.8, 4) is 0 Å². The molecular formula is C11H16N2O2. The average Bonchev–Trinajstić information content (AvgIpc) is 2.17. The molecule has 1 unspecified atom stereocenters. The smallest absolute Gasteiger partial charge is 0.272 e. The number of likely N-dealkylation sites (N-methyl/N-ethyl adjacent to an activating group) is 1. The molecule has 0 saturated carbocycles. The molecule has 1 N–H and O–H groups in total. The normalized spacial score (nSPS) is 12.5. The zero-order chi connectivity index (χ0) is 11.4. The van der Waals surface area contributed by atoms with Crippen LogP contribution < -0.4 is 5.32 Å². The minimum Gasteiger partial charge on any atom is -0.317 e. The number of hydrogen-bond acceptors (Lipinski definition) is 3. The predicted molar refractivity (Wildman–Crippen MR) is 60.1 cm³/mol. The maximum Gasteiger partial charge on any atom is 0.272 e. The minimum atomic E-state index is -0.322. The summed E-state index contributed by atoms with van der Waals surface area (Å²) in [5.41, 5.74) is 2.06. The van der Waals surface area contributed by atoms with Gasteiger partial charge in [0.1, 0.15) is 0 Å².